The maximum Gasteiger partial charge on any atom is 0.252 e. The first kappa shape index (κ1) is 47.6. The van der Waals surface area contributed by atoms with Crippen LogP contribution < -0.4 is 31.1 Å². The zero-order chi connectivity index (χ0) is 58.1. The van der Waals surface area contributed by atoms with Crippen LogP contribution in [0, 0.1) is 0 Å². The van der Waals surface area contributed by atoms with Crippen molar-refractivity contribution in [1.29, 1.82) is 0 Å². The molecule has 0 radical (unpaired) electrons. The maximum atomic E-state index is 10.4. The highest BCUT2D eigenvalue weighted by atomic mass is 16.3. The molecule has 4 unspecified atom stereocenters. The minimum absolute atomic E-state index is 0.103. The van der Waals surface area contributed by atoms with Gasteiger partial charge in [-0.3, -0.25) is 0 Å². The Morgan fingerprint density at radius 1 is 0.494 bits per heavy atom. The third-order valence-corrected chi connectivity index (χ3v) is 21.4. The largest absolute Gasteiger partial charge is 0.456 e. The van der Waals surface area contributed by atoms with Gasteiger partial charge in [0.15, 0.2) is 0 Å². The molecule has 4 aliphatic heterocycles. The summed E-state index contributed by atoms with van der Waals surface area (Å²) in [4.78, 5) is 8.06. The predicted molar refractivity (Wildman–Crippen MR) is 339 cm³/mol. The van der Waals surface area contributed by atoms with Crippen molar-refractivity contribution in [2.75, 3.05) is 14.7 Å². The lowest BCUT2D eigenvalue weighted by Crippen LogP contribution is -2.64. The molecule has 0 amide bonds. The Balaban J connectivity index is 1.20. The van der Waals surface area contributed by atoms with Gasteiger partial charge in [0.05, 0.1) is 32.0 Å². The van der Waals surface area contributed by atoms with Crippen molar-refractivity contribution in [3.05, 3.63) is 155 Å². The highest BCUT2D eigenvalue weighted by Gasteiger charge is 2.63. The van der Waals surface area contributed by atoms with Crippen LogP contribution in [0.15, 0.2) is 126 Å². The maximum absolute atomic E-state index is 10.4. The summed E-state index contributed by atoms with van der Waals surface area (Å²) in [5.74, 6) is 0. The molecule has 4 atom stereocenters. The van der Waals surface area contributed by atoms with E-state index in [9.17, 15) is 4.11 Å². The number of furan rings is 1. The van der Waals surface area contributed by atoms with Gasteiger partial charge in [-0.1, -0.05) is 195 Å². The molecule has 7 aromatic carbocycles. The van der Waals surface area contributed by atoms with Crippen LogP contribution in [0.25, 0.3) is 33.1 Å². The van der Waals surface area contributed by atoms with Gasteiger partial charge in [-0.05, 0) is 165 Å². The van der Waals surface area contributed by atoms with Crippen molar-refractivity contribution in [3.63, 3.8) is 0 Å². The second-order valence-electron chi connectivity index (χ2n) is 30.2. The SMILES string of the molecule is [2H]c1c([2H])c(C(C)(C)C)c([2H])c2c1N(c1cc3c4c(c1)N1c5c(cc(C(C)(C)C)cc5C5(C)CCCCC15C)B4c1ccc4oc5ccc(C(C)(C)C)cc5c4c1N3c1ccc(C(C)(C)C)cc1-c1ccccc1)C1(C)CCCCC21C. The average Bonchev–Trinajstić information content (AvgIpc) is 1.45. The van der Waals surface area contributed by atoms with E-state index in [4.69, 9.17) is 4.42 Å². The molecule has 2 saturated carbocycles. The standard InChI is InChI=1S/C74H84BN3O/c1-67(2,3)46-26-30-57(51(38-46)45-24-18-17-19-25-45)76-59-43-50(77-58-31-27-48(69(7,8)9)40-53(58)71(13)34-20-22-36-73(71,77)15)44-60-64(59)75(55-29-33-62-63(66(55)76)52-39-47(68(4,5)6)28-32-61(52)79-62)56-42-49(70(10,11)12)41-54-65(56)78(60)74(16)37-23-21-35-72(54,74)14/h17-19,24-33,38-44H,20-23,34-37H2,1-16H3/i27D,31D,40D. The zero-order valence-electron chi connectivity index (χ0n) is 53.3. The topological polar surface area (TPSA) is 22.9 Å². The smallest absolute Gasteiger partial charge is 0.252 e. The summed E-state index contributed by atoms with van der Waals surface area (Å²) >= 11 is 0. The van der Waals surface area contributed by atoms with Crippen molar-refractivity contribution in [2.45, 2.75) is 206 Å². The van der Waals surface area contributed by atoms with E-state index in [1.807, 2.05) is 0 Å². The minimum atomic E-state index is -0.506. The first-order valence-corrected chi connectivity index (χ1v) is 30.1. The van der Waals surface area contributed by atoms with Crippen LogP contribution in [0.5, 0.6) is 0 Å². The summed E-state index contributed by atoms with van der Waals surface area (Å²) in [7, 11) is 0. The summed E-state index contributed by atoms with van der Waals surface area (Å²) in [6, 6.07) is 41.0. The Bertz CT molecular complexity index is 4070. The molecule has 14 rings (SSSR count). The normalized spacial score (nSPS) is 24.7. The molecule has 0 N–H and O–H groups in total. The van der Waals surface area contributed by atoms with E-state index in [1.165, 1.54) is 56.4 Å². The second kappa shape index (κ2) is 16.3. The van der Waals surface area contributed by atoms with Crippen molar-refractivity contribution < 1.29 is 8.53 Å². The van der Waals surface area contributed by atoms with E-state index in [-0.39, 0.29) is 46.0 Å². The van der Waals surface area contributed by atoms with Gasteiger partial charge in [0.1, 0.15) is 11.2 Å². The zero-order valence-corrected chi connectivity index (χ0v) is 50.3. The van der Waals surface area contributed by atoms with Crippen LogP contribution in [0.4, 0.5) is 39.8 Å². The lowest BCUT2D eigenvalue weighted by atomic mass is 9.33. The summed E-state index contributed by atoms with van der Waals surface area (Å²) < 4.78 is 37.8. The summed E-state index contributed by atoms with van der Waals surface area (Å²) in [6.45, 7) is 37.3. The average molecular weight is 1050 g/mol. The summed E-state index contributed by atoms with van der Waals surface area (Å²) in [6.07, 6.45) is 8.45. The molecule has 0 spiro atoms. The molecule has 5 heteroatoms. The molecule has 8 aromatic rings. The molecule has 1 aromatic heterocycles. The number of nitrogens with zero attached hydrogens (tertiary/aromatic N) is 3. The van der Waals surface area contributed by atoms with Gasteiger partial charge in [0.2, 0.25) is 0 Å². The van der Waals surface area contributed by atoms with E-state index >= 15 is 0 Å². The molecule has 79 heavy (non-hydrogen) atoms. The fraction of sp³-hybridized carbons (Fsp3) is 0.432. The van der Waals surface area contributed by atoms with Crippen molar-refractivity contribution in [3.8, 4) is 11.1 Å². The fourth-order valence-corrected chi connectivity index (χ4v) is 16.2. The highest BCUT2D eigenvalue weighted by Crippen LogP contribution is 2.66. The van der Waals surface area contributed by atoms with E-state index in [2.05, 4.69) is 229 Å². The quantitative estimate of drug-likeness (QED) is 0.165. The van der Waals surface area contributed by atoms with Gasteiger partial charge in [0, 0.05) is 50.2 Å². The third-order valence-electron chi connectivity index (χ3n) is 21.4. The van der Waals surface area contributed by atoms with Gasteiger partial charge >= 0.3 is 0 Å². The molecular formula is C74H84BN3O. The molecular weight excluding hydrogens is 958 g/mol. The Morgan fingerprint density at radius 3 is 1.76 bits per heavy atom. The molecule has 0 saturated heterocycles. The van der Waals surface area contributed by atoms with Gasteiger partial charge in [0.25, 0.3) is 6.71 Å². The number of hydrogen-bond donors (Lipinski definition) is 0. The number of benzene rings is 7. The Labute approximate surface area is 477 Å². The minimum Gasteiger partial charge on any atom is -0.456 e. The Morgan fingerprint density at radius 2 is 1.09 bits per heavy atom. The monoisotopic (exact) mass is 1040 g/mol. The number of hydrogen-bond acceptors (Lipinski definition) is 4. The molecule has 0 bridgehead atoms. The Kier molecular flexibility index (Phi) is 9.80. The van der Waals surface area contributed by atoms with Crippen LogP contribution >= 0.6 is 0 Å². The van der Waals surface area contributed by atoms with E-state index in [0.29, 0.717) is 11.6 Å². The molecule has 2 fully saturated rings. The molecule has 4 nitrogen and oxygen atoms in total. The highest BCUT2D eigenvalue weighted by molar-refractivity contribution is 7.00. The van der Waals surface area contributed by atoms with Gasteiger partial charge in [-0.25, -0.2) is 0 Å². The summed E-state index contributed by atoms with van der Waals surface area (Å²) in [5.41, 5.74) is 20.7. The number of rotatable bonds is 3. The Hall–Kier alpha value is -6.20. The first-order chi connectivity index (χ1) is 38.4. The predicted octanol–water partition coefficient (Wildman–Crippen LogP) is 18.5. The molecule has 6 aliphatic rings. The fourth-order valence-electron chi connectivity index (χ4n) is 16.2. The number of fused-ring (bicyclic) bond motifs is 14. The third kappa shape index (κ3) is 6.86. The number of anilines is 7. The van der Waals surface area contributed by atoms with E-state index in [0.717, 1.165) is 112 Å². The van der Waals surface area contributed by atoms with Crippen molar-refractivity contribution in [1.82, 2.24) is 0 Å². The molecule has 404 valence electrons. The van der Waals surface area contributed by atoms with Crippen LogP contribution in [-0.2, 0) is 32.5 Å². The lowest BCUT2D eigenvalue weighted by molar-refractivity contribution is 0.194. The lowest BCUT2D eigenvalue weighted by Gasteiger charge is -2.54. The van der Waals surface area contributed by atoms with Crippen molar-refractivity contribution >= 4 is 84.9 Å². The van der Waals surface area contributed by atoms with Crippen LogP contribution in [0.2, 0.25) is 0 Å². The van der Waals surface area contributed by atoms with Crippen molar-refractivity contribution in [2.24, 2.45) is 0 Å². The summed E-state index contributed by atoms with van der Waals surface area (Å²) in [5, 5.41) is 2.24. The molecule has 2 aliphatic carbocycles. The molecule has 5 heterocycles. The van der Waals surface area contributed by atoms with Crippen LogP contribution in [0.1, 0.15) is 200 Å². The second-order valence-corrected chi connectivity index (χ2v) is 30.2. The van der Waals surface area contributed by atoms with E-state index < -0.39 is 16.4 Å². The first-order valence-electron chi connectivity index (χ1n) is 31.6. The van der Waals surface area contributed by atoms with E-state index in [1.54, 1.807) is 0 Å². The van der Waals surface area contributed by atoms with Gasteiger partial charge in [-0.2, -0.15) is 0 Å². The van der Waals surface area contributed by atoms with Gasteiger partial charge in [-0.15, -0.1) is 0 Å². The van der Waals surface area contributed by atoms with Gasteiger partial charge < -0.3 is 19.1 Å². The van der Waals surface area contributed by atoms with Crippen LogP contribution in [0.3, 0.4) is 0 Å². The van der Waals surface area contributed by atoms with Crippen LogP contribution in [-0.4, -0.2) is 17.8 Å².